The molecule has 3 nitrogen and oxygen atoms in total. The van der Waals surface area contributed by atoms with Gasteiger partial charge in [0.2, 0.25) is 0 Å². The van der Waals surface area contributed by atoms with Gasteiger partial charge in [0.1, 0.15) is 0 Å². The first-order valence-corrected chi connectivity index (χ1v) is 6.14. The molecule has 1 heterocycles. The number of carbonyl (C=O) groups is 1. The highest BCUT2D eigenvalue weighted by atomic mass is 32.2. The molecule has 0 aromatic carbocycles. The summed E-state index contributed by atoms with van der Waals surface area (Å²) in [7, 11) is 0. The van der Waals surface area contributed by atoms with Gasteiger partial charge in [-0.25, -0.2) is 0 Å². The fourth-order valence-electron chi connectivity index (χ4n) is 1.52. The van der Waals surface area contributed by atoms with Gasteiger partial charge in [-0.05, 0) is 24.5 Å². The summed E-state index contributed by atoms with van der Waals surface area (Å²) < 4.78 is 5.27. The van der Waals surface area contributed by atoms with Gasteiger partial charge in [0.05, 0.1) is 6.42 Å². The SMILES string of the molecule is CC(CC(=O)O)SCC1CCOCC1. The van der Waals surface area contributed by atoms with Gasteiger partial charge in [0, 0.05) is 18.5 Å². The van der Waals surface area contributed by atoms with E-state index in [4.69, 9.17) is 9.84 Å². The summed E-state index contributed by atoms with van der Waals surface area (Å²) in [4.78, 5) is 10.4. The van der Waals surface area contributed by atoms with Crippen LogP contribution in [0.3, 0.4) is 0 Å². The molecule has 4 heteroatoms. The first-order valence-electron chi connectivity index (χ1n) is 5.09. The van der Waals surface area contributed by atoms with Crippen LogP contribution in [0.4, 0.5) is 0 Å². The van der Waals surface area contributed by atoms with E-state index in [1.807, 2.05) is 6.92 Å². The van der Waals surface area contributed by atoms with Crippen LogP contribution < -0.4 is 0 Å². The summed E-state index contributed by atoms with van der Waals surface area (Å²) in [5.74, 6) is 1.11. The summed E-state index contributed by atoms with van der Waals surface area (Å²) in [6, 6.07) is 0. The molecule has 1 saturated heterocycles. The number of ether oxygens (including phenoxy) is 1. The van der Waals surface area contributed by atoms with Gasteiger partial charge < -0.3 is 9.84 Å². The number of carboxylic acid groups (broad SMARTS) is 1. The first kappa shape index (κ1) is 11.9. The molecule has 1 fully saturated rings. The van der Waals surface area contributed by atoms with E-state index in [-0.39, 0.29) is 11.7 Å². The lowest BCUT2D eigenvalue weighted by atomic mass is 10.0. The molecule has 0 saturated carbocycles. The fraction of sp³-hybridized carbons (Fsp3) is 0.900. The number of rotatable bonds is 5. The molecular weight excluding hydrogens is 200 g/mol. The average Bonchev–Trinajstić information content (AvgIpc) is 2.15. The maximum atomic E-state index is 10.4. The Kier molecular flexibility index (Phi) is 5.33. The van der Waals surface area contributed by atoms with Crippen LogP contribution in [0.25, 0.3) is 0 Å². The van der Waals surface area contributed by atoms with E-state index in [1.54, 1.807) is 11.8 Å². The number of aliphatic carboxylic acids is 1. The van der Waals surface area contributed by atoms with Crippen molar-refractivity contribution in [1.29, 1.82) is 0 Å². The van der Waals surface area contributed by atoms with Crippen molar-refractivity contribution in [1.82, 2.24) is 0 Å². The van der Waals surface area contributed by atoms with Gasteiger partial charge in [0.25, 0.3) is 0 Å². The number of thioether (sulfide) groups is 1. The highest BCUT2D eigenvalue weighted by Crippen LogP contribution is 2.23. The van der Waals surface area contributed by atoms with Crippen LogP contribution in [-0.2, 0) is 9.53 Å². The summed E-state index contributed by atoms with van der Waals surface area (Å²) in [6.45, 7) is 3.73. The van der Waals surface area contributed by atoms with E-state index >= 15 is 0 Å². The molecule has 1 N–H and O–H groups in total. The Balaban J connectivity index is 2.09. The van der Waals surface area contributed by atoms with Crippen molar-refractivity contribution in [3.8, 4) is 0 Å². The van der Waals surface area contributed by atoms with E-state index in [0.29, 0.717) is 0 Å². The predicted octanol–water partition coefficient (Wildman–Crippen LogP) is 2.01. The molecule has 82 valence electrons. The Bertz CT molecular complexity index is 178. The largest absolute Gasteiger partial charge is 0.481 e. The highest BCUT2D eigenvalue weighted by molar-refractivity contribution is 7.99. The Morgan fingerprint density at radius 1 is 1.57 bits per heavy atom. The monoisotopic (exact) mass is 218 g/mol. The van der Waals surface area contributed by atoms with Crippen molar-refractivity contribution in [2.24, 2.45) is 5.92 Å². The lowest BCUT2D eigenvalue weighted by Crippen LogP contribution is -2.18. The molecule has 0 bridgehead atoms. The quantitative estimate of drug-likeness (QED) is 0.766. The molecule has 0 radical (unpaired) electrons. The highest BCUT2D eigenvalue weighted by Gasteiger charge is 2.16. The molecule has 0 aromatic heterocycles. The topological polar surface area (TPSA) is 46.5 Å². The summed E-state index contributed by atoms with van der Waals surface area (Å²) in [5, 5.41) is 8.82. The minimum Gasteiger partial charge on any atom is -0.481 e. The van der Waals surface area contributed by atoms with Crippen LogP contribution in [0.2, 0.25) is 0 Å². The van der Waals surface area contributed by atoms with Gasteiger partial charge >= 0.3 is 5.97 Å². The van der Waals surface area contributed by atoms with Gasteiger partial charge in [-0.3, -0.25) is 4.79 Å². The Hall–Kier alpha value is -0.220. The van der Waals surface area contributed by atoms with E-state index in [9.17, 15) is 4.79 Å². The van der Waals surface area contributed by atoms with Crippen molar-refractivity contribution >= 4 is 17.7 Å². The lowest BCUT2D eigenvalue weighted by Gasteiger charge is -2.22. The normalized spacial score (nSPS) is 20.6. The summed E-state index contributed by atoms with van der Waals surface area (Å²) in [5.41, 5.74) is 0. The number of carboxylic acids is 1. The zero-order valence-corrected chi connectivity index (χ0v) is 9.39. The minimum atomic E-state index is -0.697. The summed E-state index contributed by atoms with van der Waals surface area (Å²) in [6.07, 6.45) is 2.54. The molecule has 0 spiro atoms. The van der Waals surface area contributed by atoms with Gasteiger partial charge in [-0.15, -0.1) is 0 Å². The molecule has 0 aliphatic carbocycles. The van der Waals surface area contributed by atoms with E-state index in [1.165, 1.54) is 0 Å². The third kappa shape index (κ3) is 4.86. The Morgan fingerprint density at radius 3 is 2.79 bits per heavy atom. The van der Waals surface area contributed by atoms with Crippen LogP contribution >= 0.6 is 11.8 Å². The van der Waals surface area contributed by atoms with Crippen LogP contribution in [0, 0.1) is 5.92 Å². The zero-order valence-electron chi connectivity index (χ0n) is 8.57. The third-order valence-electron chi connectivity index (χ3n) is 2.42. The van der Waals surface area contributed by atoms with Crippen molar-refractivity contribution in [3.63, 3.8) is 0 Å². The molecule has 1 aliphatic heterocycles. The van der Waals surface area contributed by atoms with Crippen LogP contribution in [-0.4, -0.2) is 35.3 Å². The first-order chi connectivity index (χ1) is 6.68. The molecule has 1 unspecified atom stereocenters. The molecule has 1 rings (SSSR count). The predicted molar refractivity (Wildman–Crippen MR) is 57.7 cm³/mol. The number of hydrogen-bond donors (Lipinski definition) is 1. The lowest BCUT2D eigenvalue weighted by molar-refractivity contribution is -0.136. The van der Waals surface area contributed by atoms with Crippen molar-refractivity contribution < 1.29 is 14.6 Å². The van der Waals surface area contributed by atoms with E-state index < -0.39 is 5.97 Å². The smallest absolute Gasteiger partial charge is 0.304 e. The van der Waals surface area contributed by atoms with Crippen LogP contribution in [0.1, 0.15) is 26.2 Å². The minimum absolute atomic E-state index is 0.232. The number of hydrogen-bond acceptors (Lipinski definition) is 3. The van der Waals surface area contributed by atoms with Crippen molar-refractivity contribution in [3.05, 3.63) is 0 Å². The maximum Gasteiger partial charge on any atom is 0.304 e. The second-order valence-corrected chi connectivity index (χ2v) is 5.27. The van der Waals surface area contributed by atoms with Crippen LogP contribution in [0.5, 0.6) is 0 Å². The van der Waals surface area contributed by atoms with Crippen molar-refractivity contribution in [2.75, 3.05) is 19.0 Å². The standard InChI is InChI=1S/C10H18O3S/c1-8(6-10(11)12)14-7-9-2-4-13-5-3-9/h8-9H,2-7H2,1H3,(H,11,12). The third-order valence-corrected chi connectivity index (χ3v) is 3.82. The molecular formula is C10H18O3S. The molecule has 0 aromatic rings. The van der Waals surface area contributed by atoms with Gasteiger partial charge in [0.15, 0.2) is 0 Å². The molecule has 1 aliphatic rings. The second kappa shape index (κ2) is 6.30. The van der Waals surface area contributed by atoms with Gasteiger partial charge in [-0.2, -0.15) is 11.8 Å². The molecule has 1 atom stereocenters. The second-order valence-electron chi connectivity index (χ2n) is 3.80. The average molecular weight is 218 g/mol. The zero-order chi connectivity index (χ0) is 10.4. The van der Waals surface area contributed by atoms with Crippen LogP contribution in [0.15, 0.2) is 0 Å². The molecule has 14 heavy (non-hydrogen) atoms. The Labute approximate surface area is 89.2 Å². The Morgan fingerprint density at radius 2 is 2.21 bits per heavy atom. The fourth-order valence-corrected chi connectivity index (χ4v) is 2.71. The molecule has 0 amide bonds. The van der Waals surface area contributed by atoms with Gasteiger partial charge in [-0.1, -0.05) is 6.92 Å². The summed E-state index contributed by atoms with van der Waals surface area (Å²) >= 11 is 1.77. The maximum absolute atomic E-state index is 10.4. The van der Waals surface area contributed by atoms with Crippen molar-refractivity contribution in [2.45, 2.75) is 31.4 Å². The van der Waals surface area contributed by atoms with E-state index in [0.717, 1.165) is 37.7 Å². The van der Waals surface area contributed by atoms with E-state index in [2.05, 4.69) is 0 Å².